The fraction of sp³-hybridized carbons (Fsp3) is 0.0333. The van der Waals surface area contributed by atoms with Gasteiger partial charge in [-0.25, -0.2) is 4.98 Å². The molecule has 5 heteroatoms. The summed E-state index contributed by atoms with van der Waals surface area (Å²) in [7, 11) is 0. The molecule has 2 heterocycles. The van der Waals surface area contributed by atoms with E-state index in [0.29, 0.717) is 16.7 Å². The molecule has 0 saturated carbocycles. The highest BCUT2D eigenvalue weighted by Gasteiger charge is 2.13. The van der Waals surface area contributed by atoms with Crippen LogP contribution in [0, 0.1) is 18.8 Å². The van der Waals surface area contributed by atoms with Crippen LogP contribution in [0.4, 0.5) is 0 Å². The average Bonchev–Trinajstić information content (AvgIpc) is 2.88. The van der Waals surface area contributed by atoms with Crippen molar-refractivity contribution >= 4 is 23.1 Å². The first-order chi connectivity index (χ1) is 17.1. The monoisotopic (exact) mass is 455 g/mol. The van der Waals surface area contributed by atoms with Gasteiger partial charge in [0.15, 0.2) is 0 Å². The van der Waals surface area contributed by atoms with Crippen molar-refractivity contribution in [2.45, 2.75) is 6.92 Å². The van der Waals surface area contributed by atoms with Crippen LogP contribution in [0.3, 0.4) is 0 Å². The molecule has 0 radical (unpaired) electrons. The minimum Gasteiger partial charge on any atom is -0.508 e. The molecule has 0 amide bonds. The molecule has 0 aliphatic heterocycles. The molecular formula is C30H21N3O2. The van der Waals surface area contributed by atoms with Crippen LogP contribution in [-0.2, 0) is 0 Å². The van der Waals surface area contributed by atoms with E-state index >= 15 is 0 Å². The van der Waals surface area contributed by atoms with E-state index in [4.69, 9.17) is 4.98 Å². The standard InChI is InChI=1S/C30H21N3O2/c1-21-19-23(8-9-24-5-4-18-31-20-24)12-16-28(21)33-29(17-13-22-10-14-25(34)15-11-22)32-27-7-3-2-6-26(27)30(33)35/h2-7,10-20,34H,1H3/b17-13+. The molecule has 0 aliphatic carbocycles. The highest BCUT2D eigenvalue weighted by molar-refractivity contribution is 5.80. The third-order valence-corrected chi connectivity index (χ3v) is 5.57. The number of aryl methyl sites for hydroxylation is 1. The average molecular weight is 456 g/mol. The van der Waals surface area contributed by atoms with E-state index in [1.165, 1.54) is 0 Å². The van der Waals surface area contributed by atoms with Crippen molar-refractivity contribution in [3.05, 3.63) is 130 Å². The Balaban J connectivity index is 1.61. The predicted molar refractivity (Wildman–Crippen MR) is 139 cm³/mol. The van der Waals surface area contributed by atoms with Crippen molar-refractivity contribution in [1.82, 2.24) is 14.5 Å². The number of hydrogen-bond acceptors (Lipinski definition) is 4. The number of nitrogens with zero attached hydrogens (tertiary/aromatic N) is 3. The van der Waals surface area contributed by atoms with Crippen LogP contribution in [0.5, 0.6) is 5.75 Å². The lowest BCUT2D eigenvalue weighted by molar-refractivity contribution is 0.475. The van der Waals surface area contributed by atoms with Crippen LogP contribution in [0.1, 0.15) is 28.1 Å². The Kier molecular flexibility index (Phi) is 5.94. The number of benzene rings is 3. The molecule has 0 saturated heterocycles. The minimum atomic E-state index is -0.141. The van der Waals surface area contributed by atoms with E-state index in [1.807, 2.05) is 67.6 Å². The summed E-state index contributed by atoms with van der Waals surface area (Å²) < 4.78 is 1.63. The number of aromatic nitrogens is 3. The Morgan fingerprint density at radius 3 is 2.46 bits per heavy atom. The number of hydrogen-bond donors (Lipinski definition) is 1. The molecule has 1 N–H and O–H groups in total. The Hall–Kier alpha value is -4.95. The number of aromatic hydroxyl groups is 1. The fourth-order valence-corrected chi connectivity index (χ4v) is 3.82. The van der Waals surface area contributed by atoms with Crippen molar-refractivity contribution in [3.63, 3.8) is 0 Å². The summed E-state index contributed by atoms with van der Waals surface area (Å²) in [6, 6.07) is 23.7. The SMILES string of the molecule is Cc1cc(C#Cc2cccnc2)ccc1-n1c(/C=C/c2ccc(O)cc2)nc2ccccc2c1=O. The van der Waals surface area contributed by atoms with Gasteiger partial charge in [-0.1, -0.05) is 42.2 Å². The topological polar surface area (TPSA) is 68.0 Å². The second-order valence-electron chi connectivity index (χ2n) is 8.05. The summed E-state index contributed by atoms with van der Waals surface area (Å²) in [6.45, 7) is 1.96. The first kappa shape index (κ1) is 21.9. The van der Waals surface area contributed by atoms with Gasteiger partial charge in [-0.15, -0.1) is 0 Å². The van der Waals surface area contributed by atoms with E-state index in [9.17, 15) is 9.90 Å². The lowest BCUT2D eigenvalue weighted by atomic mass is 10.1. The molecule has 5 nitrogen and oxygen atoms in total. The van der Waals surface area contributed by atoms with Crippen molar-refractivity contribution in [2.24, 2.45) is 0 Å². The van der Waals surface area contributed by atoms with Crippen LogP contribution >= 0.6 is 0 Å². The lowest BCUT2D eigenvalue weighted by Crippen LogP contribution is -2.23. The number of pyridine rings is 1. The smallest absolute Gasteiger partial charge is 0.266 e. The second-order valence-corrected chi connectivity index (χ2v) is 8.05. The van der Waals surface area contributed by atoms with E-state index in [1.54, 1.807) is 47.3 Å². The van der Waals surface area contributed by atoms with Gasteiger partial charge >= 0.3 is 0 Å². The van der Waals surface area contributed by atoms with Gasteiger partial charge in [-0.3, -0.25) is 14.3 Å². The molecule has 35 heavy (non-hydrogen) atoms. The highest BCUT2D eigenvalue weighted by Crippen LogP contribution is 2.20. The molecule has 2 aromatic heterocycles. The Labute approximate surface area is 202 Å². The van der Waals surface area contributed by atoms with Gasteiger partial charge < -0.3 is 5.11 Å². The van der Waals surface area contributed by atoms with Crippen LogP contribution in [0.2, 0.25) is 0 Å². The van der Waals surface area contributed by atoms with Gasteiger partial charge in [0.1, 0.15) is 11.6 Å². The maximum atomic E-state index is 13.6. The van der Waals surface area contributed by atoms with Gasteiger partial charge in [-0.2, -0.15) is 0 Å². The Bertz CT molecular complexity index is 1670. The van der Waals surface area contributed by atoms with Gasteiger partial charge in [-0.05, 0) is 78.7 Å². The third kappa shape index (κ3) is 4.73. The first-order valence-electron chi connectivity index (χ1n) is 11.1. The second kappa shape index (κ2) is 9.50. The molecule has 5 aromatic rings. The molecular weight excluding hydrogens is 434 g/mol. The first-order valence-corrected chi connectivity index (χ1v) is 11.1. The maximum absolute atomic E-state index is 13.6. The Morgan fingerprint density at radius 1 is 0.886 bits per heavy atom. The molecule has 0 atom stereocenters. The predicted octanol–water partition coefficient (Wildman–Crippen LogP) is 5.36. The summed E-state index contributed by atoms with van der Waals surface area (Å²) in [5, 5.41) is 10.1. The number of para-hydroxylation sites is 1. The molecule has 0 spiro atoms. The summed E-state index contributed by atoms with van der Waals surface area (Å²) >= 11 is 0. The summed E-state index contributed by atoms with van der Waals surface area (Å²) in [5.41, 5.74) is 4.71. The van der Waals surface area contributed by atoms with Crippen molar-refractivity contribution in [3.8, 4) is 23.3 Å². The zero-order valence-electron chi connectivity index (χ0n) is 19.0. The minimum absolute atomic E-state index is 0.141. The number of rotatable bonds is 3. The molecule has 0 aliphatic rings. The van der Waals surface area contributed by atoms with Gasteiger partial charge in [0.05, 0.1) is 16.6 Å². The van der Waals surface area contributed by atoms with Gasteiger partial charge in [0.2, 0.25) is 0 Å². The number of phenols is 1. The molecule has 0 fully saturated rings. The molecule has 0 unspecified atom stereocenters. The highest BCUT2D eigenvalue weighted by atomic mass is 16.3. The summed E-state index contributed by atoms with van der Waals surface area (Å²) in [5.74, 6) is 6.99. The number of phenolic OH excluding ortho intramolecular Hbond substituents is 1. The largest absolute Gasteiger partial charge is 0.508 e. The van der Waals surface area contributed by atoms with Gasteiger partial charge in [0, 0.05) is 23.5 Å². The van der Waals surface area contributed by atoms with E-state index in [-0.39, 0.29) is 11.3 Å². The summed E-state index contributed by atoms with van der Waals surface area (Å²) in [6.07, 6.45) is 7.12. The maximum Gasteiger partial charge on any atom is 0.266 e. The molecule has 5 rings (SSSR count). The van der Waals surface area contributed by atoms with Crippen LogP contribution in [0.25, 0.3) is 28.7 Å². The van der Waals surface area contributed by atoms with E-state index in [0.717, 1.165) is 27.9 Å². The van der Waals surface area contributed by atoms with Crippen molar-refractivity contribution in [2.75, 3.05) is 0 Å². The number of fused-ring (bicyclic) bond motifs is 1. The molecule has 168 valence electrons. The van der Waals surface area contributed by atoms with Gasteiger partial charge in [0.25, 0.3) is 5.56 Å². The Morgan fingerprint density at radius 2 is 1.69 bits per heavy atom. The zero-order chi connectivity index (χ0) is 24.2. The lowest BCUT2D eigenvalue weighted by Gasteiger charge is -2.14. The molecule has 3 aromatic carbocycles. The van der Waals surface area contributed by atoms with E-state index < -0.39 is 0 Å². The van der Waals surface area contributed by atoms with E-state index in [2.05, 4.69) is 16.8 Å². The summed E-state index contributed by atoms with van der Waals surface area (Å²) in [4.78, 5) is 22.4. The van der Waals surface area contributed by atoms with Crippen LogP contribution < -0.4 is 5.56 Å². The normalized spacial score (nSPS) is 10.9. The van der Waals surface area contributed by atoms with Crippen LogP contribution in [-0.4, -0.2) is 19.6 Å². The van der Waals surface area contributed by atoms with Crippen molar-refractivity contribution in [1.29, 1.82) is 0 Å². The van der Waals surface area contributed by atoms with Crippen molar-refractivity contribution < 1.29 is 5.11 Å². The quantitative estimate of drug-likeness (QED) is 0.372. The third-order valence-electron chi connectivity index (χ3n) is 5.57. The molecule has 0 bridgehead atoms. The zero-order valence-corrected chi connectivity index (χ0v) is 19.0. The fourth-order valence-electron chi connectivity index (χ4n) is 3.82. The van der Waals surface area contributed by atoms with Crippen LogP contribution in [0.15, 0.2) is 96.1 Å².